The molecule has 0 radical (unpaired) electrons. The van der Waals surface area contributed by atoms with Crippen LogP contribution in [0.3, 0.4) is 0 Å². The summed E-state index contributed by atoms with van der Waals surface area (Å²) in [4.78, 5) is 55.0. The van der Waals surface area contributed by atoms with E-state index in [1.807, 2.05) is 6.07 Å². The first kappa shape index (κ1) is 28.9. The van der Waals surface area contributed by atoms with Crippen molar-refractivity contribution in [3.63, 3.8) is 0 Å². The molecule has 1 aromatic carbocycles. The predicted octanol–water partition coefficient (Wildman–Crippen LogP) is 6.11. The first-order chi connectivity index (χ1) is 20.6. The summed E-state index contributed by atoms with van der Waals surface area (Å²) in [7, 11) is 0. The van der Waals surface area contributed by atoms with Gasteiger partial charge in [-0.3, -0.25) is 19.4 Å². The van der Waals surface area contributed by atoms with E-state index in [1.165, 1.54) is 28.4 Å². The molecule has 8 nitrogen and oxygen atoms in total. The van der Waals surface area contributed by atoms with Gasteiger partial charge in [0, 0.05) is 37.0 Å². The molecule has 0 saturated heterocycles. The molecule has 1 aliphatic heterocycles. The van der Waals surface area contributed by atoms with E-state index in [1.54, 1.807) is 24.4 Å². The molecule has 1 saturated carbocycles. The number of hydrogen-bond donors (Lipinski definition) is 1. The van der Waals surface area contributed by atoms with Crippen LogP contribution in [0.15, 0.2) is 60.9 Å². The number of pyridine rings is 2. The van der Waals surface area contributed by atoms with Crippen LogP contribution in [0.25, 0.3) is 0 Å². The van der Waals surface area contributed by atoms with E-state index in [0.29, 0.717) is 33.9 Å². The lowest BCUT2D eigenvalue weighted by Gasteiger charge is -2.29. The Bertz CT molecular complexity index is 1710. The second-order valence-corrected chi connectivity index (χ2v) is 11.9. The minimum Gasteiger partial charge on any atom is -0.323 e. The van der Waals surface area contributed by atoms with Gasteiger partial charge < -0.3 is 10.2 Å². The fraction of sp³-hybridized carbons (Fsp3) is 0.267. The summed E-state index contributed by atoms with van der Waals surface area (Å²) in [6.07, 6.45) is 0.0317. The van der Waals surface area contributed by atoms with Gasteiger partial charge in [0.25, 0.3) is 11.8 Å². The molecule has 1 atom stereocenters. The highest BCUT2D eigenvalue weighted by Crippen LogP contribution is 2.43. The molecule has 1 N–H and O–H groups in total. The van der Waals surface area contributed by atoms with Gasteiger partial charge >= 0.3 is 6.18 Å². The van der Waals surface area contributed by atoms with Crippen molar-refractivity contribution >= 4 is 46.4 Å². The summed E-state index contributed by atoms with van der Waals surface area (Å²) < 4.78 is 38.5. The number of anilines is 1. The van der Waals surface area contributed by atoms with Crippen molar-refractivity contribution in [1.82, 2.24) is 19.9 Å². The van der Waals surface area contributed by atoms with Crippen LogP contribution in [0, 0.1) is 0 Å². The Hall–Kier alpha value is -4.16. The molecule has 4 heterocycles. The third kappa shape index (κ3) is 6.30. The van der Waals surface area contributed by atoms with Crippen LogP contribution in [-0.2, 0) is 30.4 Å². The number of rotatable bonds is 7. The average molecular weight is 626 g/mol. The van der Waals surface area contributed by atoms with Gasteiger partial charge in [0.1, 0.15) is 10.7 Å². The van der Waals surface area contributed by atoms with Gasteiger partial charge in [-0.1, -0.05) is 23.7 Å². The highest BCUT2D eigenvalue weighted by Gasteiger charge is 2.39. The third-order valence-corrected chi connectivity index (χ3v) is 8.84. The van der Waals surface area contributed by atoms with Gasteiger partial charge in [-0.2, -0.15) is 13.2 Å². The normalized spacial score (nSPS) is 17.0. The van der Waals surface area contributed by atoms with Crippen molar-refractivity contribution in [1.29, 1.82) is 0 Å². The van der Waals surface area contributed by atoms with Crippen molar-refractivity contribution in [2.45, 2.75) is 50.4 Å². The predicted molar refractivity (Wildman–Crippen MR) is 153 cm³/mol. The Labute approximate surface area is 252 Å². The molecule has 6 rings (SSSR count). The molecule has 1 fully saturated rings. The van der Waals surface area contributed by atoms with Gasteiger partial charge in [0.15, 0.2) is 5.78 Å². The van der Waals surface area contributed by atoms with Gasteiger partial charge in [-0.25, -0.2) is 9.97 Å². The number of carbonyl (C=O) groups excluding carboxylic acids is 3. The fourth-order valence-corrected chi connectivity index (χ4v) is 6.37. The fourth-order valence-electron chi connectivity index (χ4n) is 4.87. The molecular formula is C30H23ClF3N5O3S. The van der Waals surface area contributed by atoms with E-state index in [2.05, 4.69) is 20.3 Å². The number of nitrogens with zero attached hydrogens (tertiary/aromatic N) is 4. The van der Waals surface area contributed by atoms with Crippen molar-refractivity contribution in [3.8, 4) is 0 Å². The van der Waals surface area contributed by atoms with Gasteiger partial charge in [0.2, 0.25) is 0 Å². The number of ketones is 1. The van der Waals surface area contributed by atoms with Crippen LogP contribution >= 0.6 is 22.9 Å². The summed E-state index contributed by atoms with van der Waals surface area (Å²) >= 11 is 7.81. The lowest BCUT2D eigenvalue weighted by Crippen LogP contribution is -2.44. The maximum atomic E-state index is 13.9. The molecule has 220 valence electrons. The number of fused-ring (bicyclic) bond motifs is 1. The van der Waals surface area contributed by atoms with Crippen molar-refractivity contribution in [3.05, 3.63) is 104 Å². The summed E-state index contributed by atoms with van der Waals surface area (Å²) in [5.41, 5.74) is 0.880. The maximum Gasteiger partial charge on any atom is 0.417 e. The maximum absolute atomic E-state index is 13.9. The molecule has 4 aromatic rings. The smallest absolute Gasteiger partial charge is 0.323 e. The molecule has 2 amide bonds. The number of Topliss-reactive ketones (excluding diaryl/α,β-unsaturated/α-hetero) is 1. The summed E-state index contributed by atoms with van der Waals surface area (Å²) in [6, 6.07) is 11.1. The monoisotopic (exact) mass is 625 g/mol. The number of hydrogen-bond acceptors (Lipinski definition) is 7. The van der Waals surface area contributed by atoms with E-state index in [-0.39, 0.29) is 47.5 Å². The molecule has 1 aliphatic carbocycles. The Morgan fingerprint density at radius 3 is 2.56 bits per heavy atom. The highest BCUT2D eigenvalue weighted by molar-refractivity contribution is 7.14. The second kappa shape index (κ2) is 11.5. The van der Waals surface area contributed by atoms with E-state index >= 15 is 0 Å². The first-order valence-corrected chi connectivity index (χ1v) is 14.6. The lowest BCUT2D eigenvalue weighted by atomic mass is 10.0. The Morgan fingerprint density at radius 2 is 1.91 bits per heavy atom. The molecule has 2 aliphatic rings. The van der Waals surface area contributed by atoms with Crippen LogP contribution in [0.2, 0.25) is 5.02 Å². The van der Waals surface area contributed by atoms with E-state index in [9.17, 15) is 27.6 Å². The standard InChI is InChI=1S/C30H23ClF3N5O3S/c31-21-11-16(4-8-20(21)27(41)38-25-9-7-18(14-36-25)30(32,33)34)15-39-23(12-19-3-1-2-10-35-19)24(40)13-22-26(29(39)42)43-28(37-22)17-5-6-17/h1-4,7-11,14,17,23H,5-6,12-13,15H2,(H,36,38,41). The number of amides is 2. The van der Waals surface area contributed by atoms with Gasteiger partial charge in [-0.15, -0.1) is 11.3 Å². The zero-order valence-corrected chi connectivity index (χ0v) is 24.0. The molecule has 0 bridgehead atoms. The van der Waals surface area contributed by atoms with Crippen LogP contribution in [0.1, 0.15) is 66.3 Å². The Kier molecular flexibility index (Phi) is 7.74. The Balaban J connectivity index is 1.25. The van der Waals surface area contributed by atoms with Crippen LogP contribution in [0.4, 0.5) is 19.0 Å². The molecular weight excluding hydrogens is 603 g/mol. The Morgan fingerprint density at radius 1 is 1.09 bits per heavy atom. The quantitative estimate of drug-likeness (QED) is 0.266. The van der Waals surface area contributed by atoms with Gasteiger partial charge in [0.05, 0.1) is 39.3 Å². The van der Waals surface area contributed by atoms with Gasteiger partial charge in [-0.05, 0) is 54.8 Å². The second-order valence-electron chi connectivity index (χ2n) is 10.4. The minimum atomic E-state index is -4.55. The summed E-state index contributed by atoms with van der Waals surface area (Å²) in [6.45, 7) is 0.0419. The zero-order chi connectivity index (χ0) is 30.3. The number of carbonyl (C=O) groups is 3. The topological polar surface area (TPSA) is 105 Å². The largest absolute Gasteiger partial charge is 0.417 e. The molecule has 43 heavy (non-hydrogen) atoms. The number of halogens is 4. The molecule has 0 spiro atoms. The SMILES string of the molecule is O=C(Nc1ccc(C(F)(F)F)cn1)c1ccc(CN2C(=O)c3sc(C4CC4)nc3CC(=O)C2Cc2ccccn2)cc1Cl. The minimum absolute atomic E-state index is 0.0419. The van der Waals surface area contributed by atoms with Crippen molar-refractivity contribution < 1.29 is 27.6 Å². The third-order valence-electron chi connectivity index (χ3n) is 7.28. The molecule has 1 unspecified atom stereocenters. The number of nitrogens with one attached hydrogen (secondary N) is 1. The zero-order valence-electron chi connectivity index (χ0n) is 22.4. The first-order valence-electron chi connectivity index (χ1n) is 13.4. The lowest BCUT2D eigenvalue weighted by molar-refractivity contribution is -0.137. The number of benzene rings is 1. The molecule has 3 aromatic heterocycles. The van der Waals surface area contributed by atoms with Crippen molar-refractivity contribution in [2.24, 2.45) is 0 Å². The van der Waals surface area contributed by atoms with E-state index in [4.69, 9.17) is 11.6 Å². The average Bonchev–Trinajstić information content (AvgIpc) is 3.75. The highest BCUT2D eigenvalue weighted by atomic mass is 35.5. The number of alkyl halides is 3. The molecule has 13 heteroatoms. The van der Waals surface area contributed by atoms with Crippen LogP contribution in [0.5, 0.6) is 0 Å². The summed E-state index contributed by atoms with van der Waals surface area (Å²) in [5.74, 6) is -0.836. The van der Waals surface area contributed by atoms with Crippen LogP contribution in [-0.4, -0.2) is 43.5 Å². The van der Waals surface area contributed by atoms with Crippen molar-refractivity contribution in [2.75, 3.05) is 5.32 Å². The van der Waals surface area contributed by atoms with Crippen LogP contribution < -0.4 is 5.32 Å². The van der Waals surface area contributed by atoms with E-state index in [0.717, 1.165) is 30.0 Å². The number of thiazole rings is 1. The number of aromatic nitrogens is 3. The van der Waals surface area contributed by atoms with E-state index < -0.39 is 23.7 Å². The summed E-state index contributed by atoms with van der Waals surface area (Å²) in [5, 5.41) is 3.38.